The first-order chi connectivity index (χ1) is 8.88. The highest BCUT2D eigenvalue weighted by Gasteiger charge is 2.31. The number of alkyl halides is 3. The molecule has 0 unspecified atom stereocenters. The number of aliphatic hydroxyl groups is 1. The molecule has 0 amide bonds. The van der Waals surface area contributed by atoms with Gasteiger partial charge in [-0.2, -0.15) is 13.2 Å². The standard InChI is InChI=1S/C12H12F3N3O/c1-8(19)9-2-4-18(5-3-9)11-16-6-10(7-17-11)12(13,14)15/h2-4,6-8,19H,5H2,1H3/t8-/m0/s1. The first kappa shape index (κ1) is 13.5. The molecule has 0 saturated carbocycles. The number of hydrogen-bond donors (Lipinski definition) is 1. The van der Waals surface area contributed by atoms with Gasteiger partial charge in [-0.05, 0) is 18.6 Å². The molecule has 0 aliphatic carbocycles. The highest BCUT2D eigenvalue weighted by molar-refractivity contribution is 5.42. The molecule has 1 aliphatic rings. The monoisotopic (exact) mass is 271 g/mol. The van der Waals surface area contributed by atoms with E-state index in [1.165, 1.54) is 0 Å². The van der Waals surface area contributed by atoms with Crippen LogP contribution < -0.4 is 4.90 Å². The molecule has 7 heteroatoms. The fourth-order valence-corrected chi connectivity index (χ4v) is 1.58. The molecule has 19 heavy (non-hydrogen) atoms. The van der Waals surface area contributed by atoms with Crippen LogP contribution in [0, 0.1) is 0 Å². The van der Waals surface area contributed by atoms with Crippen molar-refractivity contribution in [1.82, 2.24) is 9.97 Å². The van der Waals surface area contributed by atoms with Gasteiger partial charge in [0.25, 0.3) is 0 Å². The first-order valence-corrected chi connectivity index (χ1v) is 5.60. The Morgan fingerprint density at radius 1 is 1.32 bits per heavy atom. The minimum atomic E-state index is -4.43. The van der Waals surface area contributed by atoms with Crippen LogP contribution in [0.2, 0.25) is 0 Å². The van der Waals surface area contributed by atoms with Gasteiger partial charge in [0.15, 0.2) is 0 Å². The summed E-state index contributed by atoms with van der Waals surface area (Å²) in [6.45, 7) is 2.04. The van der Waals surface area contributed by atoms with Crippen molar-refractivity contribution in [3.05, 3.63) is 41.9 Å². The smallest absolute Gasteiger partial charge is 0.389 e. The highest BCUT2D eigenvalue weighted by Crippen LogP contribution is 2.28. The lowest BCUT2D eigenvalue weighted by atomic mass is 10.1. The fourth-order valence-electron chi connectivity index (χ4n) is 1.58. The molecule has 0 fully saturated rings. The van der Waals surface area contributed by atoms with Gasteiger partial charge < -0.3 is 10.0 Å². The molecule has 1 atom stereocenters. The molecule has 1 N–H and O–H groups in total. The predicted molar refractivity (Wildman–Crippen MR) is 63.3 cm³/mol. The third-order valence-electron chi connectivity index (χ3n) is 2.68. The summed E-state index contributed by atoms with van der Waals surface area (Å²) in [4.78, 5) is 8.97. The Kier molecular flexibility index (Phi) is 3.57. The Hall–Kier alpha value is -1.89. The molecule has 1 aliphatic heterocycles. The molecular weight excluding hydrogens is 259 g/mol. The van der Waals surface area contributed by atoms with E-state index in [0.29, 0.717) is 6.54 Å². The largest absolute Gasteiger partial charge is 0.419 e. The summed E-state index contributed by atoms with van der Waals surface area (Å²) in [5.41, 5.74) is -0.124. The lowest BCUT2D eigenvalue weighted by molar-refractivity contribution is -0.138. The summed E-state index contributed by atoms with van der Waals surface area (Å²) in [7, 11) is 0. The van der Waals surface area contributed by atoms with Crippen LogP contribution in [0.5, 0.6) is 0 Å². The van der Waals surface area contributed by atoms with Crippen molar-refractivity contribution in [2.24, 2.45) is 0 Å². The molecule has 0 radical (unpaired) electrons. The van der Waals surface area contributed by atoms with Crippen LogP contribution in [0.1, 0.15) is 12.5 Å². The number of hydrogen-bond acceptors (Lipinski definition) is 4. The Morgan fingerprint density at radius 2 is 1.95 bits per heavy atom. The molecule has 0 aromatic carbocycles. The summed E-state index contributed by atoms with van der Waals surface area (Å²) in [6, 6.07) is 0. The van der Waals surface area contributed by atoms with Crippen LogP contribution in [-0.2, 0) is 6.18 Å². The number of aromatic nitrogens is 2. The average Bonchev–Trinajstić information content (AvgIpc) is 2.38. The summed E-state index contributed by atoms with van der Waals surface area (Å²) in [5.74, 6) is 0.185. The number of nitrogens with zero attached hydrogens (tertiary/aromatic N) is 3. The normalized spacial score (nSPS) is 17.3. The zero-order chi connectivity index (χ0) is 14.0. The molecule has 0 spiro atoms. The van der Waals surface area contributed by atoms with Crippen molar-refractivity contribution >= 4 is 5.95 Å². The van der Waals surface area contributed by atoms with Gasteiger partial charge >= 0.3 is 6.18 Å². The average molecular weight is 271 g/mol. The van der Waals surface area contributed by atoms with Crippen molar-refractivity contribution in [2.45, 2.75) is 19.2 Å². The lowest BCUT2D eigenvalue weighted by Gasteiger charge is -2.21. The highest BCUT2D eigenvalue weighted by atomic mass is 19.4. The number of halogens is 3. The summed E-state index contributed by atoms with van der Waals surface area (Å²) >= 11 is 0. The Balaban J connectivity index is 2.12. The quantitative estimate of drug-likeness (QED) is 0.895. The number of anilines is 1. The summed E-state index contributed by atoms with van der Waals surface area (Å²) < 4.78 is 37.1. The van der Waals surface area contributed by atoms with Gasteiger partial charge in [-0.15, -0.1) is 0 Å². The van der Waals surface area contributed by atoms with E-state index in [9.17, 15) is 18.3 Å². The molecule has 2 heterocycles. The molecule has 0 saturated heterocycles. The van der Waals surface area contributed by atoms with Gasteiger partial charge in [-0.1, -0.05) is 6.08 Å². The zero-order valence-electron chi connectivity index (χ0n) is 10.1. The molecule has 102 valence electrons. The van der Waals surface area contributed by atoms with Crippen LogP contribution in [0.15, 0.2) is 36.3 Å². The molecule has 2 rings (SSSR count). The van der Waals surface area contributed by atoms with Gasteiger partial charge in [0.05, 0.1) is 11.7 Å². The lowest BCUT2D eigenvalue weighted by Crippen LogP contribution is -2.23. The molecular formula is C12H12F3N3O. The van der Waals surface area contributed by atoms with Crippen molar-refractivity contribution in [1.29, 1.82) is 0 Å². The zero-order valence-corrected chi connectivity index (χ0v) is 10.1. The van der Waals surface area contributed by atoms with E-state index in [1.807, 2.05) is 0 Å². The van der Waals surface area contributed by atoms with Crippen molar-refractivity contribution < 1.29 is 18.3 Å². The maximum absolute atomic E-state index is 12.4. The molecule has 0 bridgehead atoms. The van der Waals surface area contributed by atoms with Gasteiger partial charge in [0, 0.05) is 25.1 Å². The predicted octanol–water partition coefficient (Wildman–Crippen LogP) is 2.14. The maximum Gasteiger partial charge on any atom is 0.419 e. The minimum absolute atomic E-state index is 0.185. The topological polar surface area (TPSA) is 49.2 Å². The van der Waals surface area contributed by atoms with Crippen molar-refractivity contribution in [2.75, 3.05) is 11.4 Å². The van der Waals surface area contributed by atoms with Crippen LogP contribution in [0.25, 0.3) is 0 Å². The summed E-state index contributed by atoms with van der Waals surface area (Å²) in [5, 5.41) is 9.37. The van der Waals surface area contributed by atoms with Crippen LogP contribution in [0.4, 0.5) is 19.1 Å². The van der Waals surface area contributed by atoms with E-state index in [1.54, 1.807) is 30.2 Å². The van der Waals surface area contributed by atoms with Gasteiger partial charge in [-0.25, -0.2) is 9.97 Å². The van der Waals surface area contributed by atoms with Gasteiger partial charge in [-0.3, -0.25) is 0 Å². The van der Waals surface area contributed by atoms with Crippen LogP contribution in [-0.4, -0.2) is 27.7 Å². The van der Waals surface area contributed by atoms with Crippen LogP contribution in [0.3, 0.4) is 0 Å². The molecule has 4 nitrogen and oxygen atoms in total. The third-order valence-corrected chi connectivity index (χ3v) is 2.68. The number of rotatable bonds is 2. The fraction of sp³-hybridized carbons (Fsp3) is 0.333. The number of aliphatic hydroxyl groups excluding tert-OH is 1. The molecule has 1 aromatic heterocycles. The van der Waals surface area contributed by atoms with Crippen LogP contribution >= 0.6 is 0 Å². The Labute approximate surface area is 107 Å². The van der Waals surface area contributed by atoms with Crippen molar-refractivity contribution in [3.63, 3.8) is 0 Å². The van der Waals surface area contributed by atoms with Crippen molar-refractivity contribution in [3.8, 4) is 0 Å². The van der Waals surface area contributed by atoms with E-state index in [-0.39, 0.29) is 5.95 Å². The first-order valence-electron chi connectivity index (χ1n) is 5.60. The third kappa shape index (κ3) is 3.11. The van der Waals surface area contributed by atoms with E-state index in [0.717, 1.165) is 18.0 Å². The Bertz CT molecular complexity index is 506. The van der Waals surface area contributed by atoms with Gasteiger partial charge in [0.1, 0.15) is 0 Å². The molecule has 1 aromatic rings. The summed E-state index contributed by atoms with van der Waals surface area (Å²) in [6.07, 6.45) is 1.57. The second-order valence-corrected chi connectivity index (χ2v) is 4.12. The maximum atomic E-state index is 12.4. The Morgan fingerprint density at radius 3 is 2.37 bits per heavy atom. The van der Waals surface area contributed by atoms with E-state index in [2.05, 4.69) is 9.97 Å². The second-order valence-electron chi connectivity index (χ2n) is 4.12. The van der Waals surface area contributed by atoms with Gasteiger partial charge in [0.2, 0.25) is 5.95 Å². The van der Waals surface area contributed by atoms with E-state index >= 15 is 0 Å². The van der Waals surface area contributed by atoms with E-state index in [4.69, 9.17) is 0 Å². The SMILES string of the molecule is C[C@H](O)C1=CCN(c2ncc(C(F)(F)F)cn2)C=C1. The van der Waals surface area contributed by atoms with E-state index < -0.39 is 17.8 Å². The second kappa shape index (κ2) is 5.00. The minimum Gasteiger partial charge on any atom is -0.389 e.